The number of benzene rings is 2. The van der Waals surface area contributed by atoms with Gasteiger partial charge in [0.2, 0.25) is 0 Å². The van der Waals surface area contributed by atoms with Gasteiger partial charge in [0.15, 0.2) is 0 Å². The highest BCUT2D eigenvalue weighted by Gasteiger charge is 2.17. The number of hydrogen-bond donors (Lipinski definition) is 1. The van der Waals surface area contributed by atoms with Gasteiger partial charge in [-0.15, -0.1) is 0 Å². The highest BCUT2D eigenvalue weighted by molar-refractivity contribution is 5.92. The van der Waals surface area contributed by atoms with E-state index >= 15 is 0 Å². The first-order valence-corrected chi connectivity index (χ1v) is 7.77. The minimum atomic E-state index is -1.00. The van der Waals surface area contributed by atoms with Gasteiger partial charge in [0.1, 0.15) is 5.75 Å². The molecule has 0 atom stereocenters. The number of carbonyl (C=O) groups excluding carboxylic acids is 1. The number of carboxylic acids is 1. The van der Waals surface area contributed by atoms with Gasteiger partial charge in [-0.1, -0.05) is 32.9 Å². The Morgan fingerprint density at radius 1 is 0.917 bits per heavy atom. The summed E-state index contributed by atoms with van der Waals surface area (Å²) in [4.78, 5) is 23.4. The summed E-state index contributed by atoms with van der Waals surface area (Å²) in [6.45, 7) is 9.78. The van der Waals surface area contributed by atoms with Crippen LogP contribution in [0, 0.1) is 13.8 Å². The average Bonchev–Trinajstić information content (AvgIpc) is 2.49. The lowest BCUT2D eigenvalue weighted by Gasteiger charge is -2.19. The van der Waals surface area contributed by atoms with E-state index in [0.29, 0.717) is 22.4 Å². The molecule has 0 aliphatic heterocycles. The fourth-order valence-electron chi connectivity index (χ4n) is 2.49. The van der Waals surface area contributed by atoms with Crippen molar-refractivity contribution in [3.05, 3.63) is 64.2 Å². The summed E-state index contributed by atoms with van der Waals surface area (Å²) in [5, 5.41) is 9.07. The highest BCUT2D eigenvalue weighted by Crippen LogP contribution is 2.27. The van der Waals surface area contributed by atoms with Crippen LogP contribution in [-0.4, -0.2) is 17.0 Å². The fourth-order valence-corrected chi connectivity index (χ4v) is 2.49. The molecule has 0 amide bonds. The maximum atomic E-state index is 12.4. The number of carboxylic acid groups (broad SMARTS) is 1. The van der Waals surface area contributed by atoms with Gasteiger partial charge >= 0.3 is 11.9 Å². The van der Waals surface area contributed by atoms with E-state index < -0.39 is 11.9 Å². The summed E-state index contributed by atoms with van der Waals surface area (Å²) in [6.07, 6.45) is 0. The summed E-state index contributed by atoms with van der Waals surface area (Å²) in [6, 6.07) is 10.3. The molecule has 126 valence electrons. The molecular weight excluding hydrogens is 304 g/mol. The van der Waals surface area contributed by atoms with Crippen LogP contribution in [-0.2, 0) is 5.41 Å². The maximum absolute atomic E-state index is 12.4. The third kappa shape index (κ3) is 3.82. The average molecular weight is 326 g/mol. The van der Waals surface area contributed by atoms with E-state index in [-0.39, 0.29) is 11.0 Å². The molecule has 0 saturated carbocycles. The van der Waals surface area contributed by atoms with Crippen molar-refractivity contribution in [1.29, 1.82) is 0 Å². The van der Waals surface area contributed by atoms with Crippen molar-refractivity contribution in [1.82, 2.24) is 0 Å². The predicted octanol–water partition coefficient (Wildman–Crippen LogP) is 4.52. The Bertz CT molecular complexity index is 757. The van der Waals surface area contributed by atoms with Crippen LogP contribution >= 0.6 is 0 Å². The molecule has 2 aromatic carbocycles. The first-order chi connectivity index (χ1) is 11.1. The van der Waals surface area contributed by atoms with Gasteiger partial charge in [0.05, 0.1) is 11.1 Å². The predicted molar refractivity (Wildman–Crippen MR) is 93.0 cm³/mol. The van der Waals surface area contributed by atoms with Crippen LogP contribution in [0.1, 0.15) is 58.2 Å². The Hall–Kier alpha value is -2.62. The summed E-state index contributed by atoms with van der Waals surface area (Å²) < 4.78 is 5.49. The molecule has 0 radical (unpaired) electrons. The first kappa shape index (κ1) is 17.7. The van der Waals surface area contributed by atoms with Crippen LogP contribution in [0.2, 0.25) is 0 Å². The van der Waals surface area contributed by atoms with E-state index in [1.807, 2.05) is 12.1 Å². The Kier molecular flexibility index (Phi) is 4.78. The third-order valence-electron chi connectivity index (χ3n) is 3.89. The summed E-state index contributed by atoms with van der Waals surface area (Å²) in [7, 11) is 0. The quantitative estimate of drug-likeness (QED) is 0.665. The second kappa shape index (κ2) is 6.48. The van der Waals surface area contributed by atoms with E-state index in [9.17, 15) is 9.59 Å². The van der Waals surface area contributed by atoms with Gasteiger partial charge in [0, 0.05) is 0 Å². The molecule has 4 heteroatoms. The van der Waals surface area contributed by atoms with Crippen LogP contribution in [0.15, 0.2) is 36.4 Å². The first-order valence-electron chi connectivity index (χ1n) is 7.77. The Morgan fingerprint density at radius 3 is 1.83 bits per heavy atom. The molecule has 2 aromatic rings. The second-order valence-electron chi connectivity index (χ2n) is 6.96. The van der Waals surface area contributed by atoms with Crippen molar-refractivity contribution >= 4 is 11.9 Å². The van der Waals surface area contributed by atoms with E-state index in [2.05, 4.69) is 20.8 Å². The molecular formula is C20H22O4. The van der Waals surface area contributed by atoms with Gasteiger partial charge in [-0.05, 0) is 60.2 Å². The van der Waals surface area contributed by atoms with Crippen molar-refractivity contribution < 1.29 is 19.4 Å². The van der Waals surface area contributed by atoms with Crippen LogP contribution in [0.5, 0.6) is 5.75 Å². The van der Waals surface area contributed by atoms with E-state index in [1.54, 1.807) is 26.0 Å². The van der Waals surface area contributed by atoms with Crippen molar-refractivity contribution in [2.75, 3.05) is 0 Å². The number of aromatic carboxylic acids is 1. The molecule has 0 saturated heterocycles. The largest absolute Gasteiger partial charge is 0.478 e. The van der Waals surface area contributed by atoms with Crippen LogP contribution in [0.25, 0.3) is 0 Å². The van der Waals surface area contributed by atoms with E-state index in [4.69, 9.17) is 9.84 Å². The Balaban J connectivity index is 2.25. The number of ether oxygens (including phenoxy) is 1. The van der Waals surface area contributed by atoms with Crippen LogP contribution in [0.4, 0.5) is 0 Å². The van der Waals surface area contributed by atoms with Crippen LogP contribution in [0.3, 0.4) is 0 Å². The summed E-state index contributed by atoms with van der Waals surface area (Å²) in [5.41, 5.74) is 3.03. The molecule has 24 heavy (non-hydrogen) atoms. The third-order valence-corrected chi connectivity index (χ3v) is 3.89. The SMILES string of the molecule is Cc1cc(C(=O)O)cc(C)c1OC(=O)c1ccc(C(C)(C)C)cc1. The minimum Gasteiger partial charge on any atom is -0.478 e. The van der Waals surface area contributed by atoms with Gasteiger partial charge in [-0.3, -0.25) is 0 Å². The molecule has 4 nitrogen and oxygen atoms in total. The standard InChI is InChI=1S/C20H22O4/c1-12-10-15(18(21)22)11-13(2)17(12)24-19(23)14-6-8-16(9-7-14)20(3,4)5/h6-11H,1-5H3,(H,21,22). The van der Waals surface area contributed by atoms with Crippen molar-refractivity contribution in [2.24, 2.45) is 0 Å². The lowest BCUT2D eigenvalue weighted by Crippen LogP contribution is -2.13. The smallest absolute Gasteiger partial charge is 0.343 e. The fraction of sp³-hybridized carbons (Fsp3) is 0.300. The number of hydrogen-bond acceptors (Lipinski definition) is 3. The Labute approximate surface area is 142 Å². The molecule has 0 aromatic heterocycles. The van der Waals surface area contributed by atoms with Gasteiger partial charge in [-0.25, -0.2) is 9.59 Å². The molecule has 0 heterocycles. The number of carbonyl (C=O) groups is 2. The molecule has 0 aliphatic carbocycles. The van der Waals surface area contributed by atoms with Gasteiger partial charge in [-0.2, -0.15) is 0 Å². The molecule has 0 unspecified atom stereocenters. The molecule has 0 spiro atoms. The molecule has 1 N–H and O–H groups in total. The topological polar surface area (TPSA) is 63.6 Å². The highest BCUT2D eigenvalue weighted by atomic mass is 16.5. The number of aryl methyl sites for hydroxylation is 2. The normalized spacial score (nSPS) is 11.2. The second-order valence-corrected chi connectivity index (χ2v) is 6.96. The van der Waals surface area contributed by atoms with Crippen LogP contribution < -0.4 is 4.74 Å². The molecule has 0 fully saturated rings. The number of esters is 1. The Morgan fingerprint density at radius 2 is 1.42 bits per heavy atom. The summed E-state index contributed by atoms with van der Waals surface area (Å²) >= 11 is 0. The van der Waals surface area contributed by atoms with E-state index in [1.165, 1.54) is 12.1 Å². The zero-order valence-corrected chi connectivity index (χ0v) is 14.6. The van der Waals surface area contributed by atoms with Crippen molar-refractivity contribution in [3.8, 4) is 5.75 Å². The summed E-state index contributed by atoms with van der Waals surface area (Å²) in [5.74, 6) is -1.05. The lowest BCUT2D eigenvalue weighted by atomic mass is 9.87. The maximum Gasteiger partial charge on any atom is 0.343 e. The monoisotopic (exact) mass is 326 g/mol. The van der Waals surface area contributed by atoms with Gasteiger partial charge < -0.3 is 9.84 Å². The zero-order valence-electron chi connectivity index (χ0n) is 14.6. The van der Waals surface area contributed by atoms with Crippen molar-refractivity contribution in [2.45, 2.75) is 40.0 Å². The minimum absolute atomic E-state index is 0.0161. The van der Waals surface area contributed by atoms with Crippen molar-refractivity contribution in [3.63, 3.8) is 0 Å². The number of rotatable bonds is 3. The molecule has 0 aliphatic rings. The molecule has 2 rings (SSSR count). The van der Waals surface area contributed by atoms with E-state index in [0.717, 1.165) is 5.56 Å². The van der Waals surface area contributed by atoms with Gasteiger partial charge in [0.25, 0.3) is 0 Å². The lowest BCUT2D eigenvalue weighted by molar-refractivity contribution is 0.0696. The molecule has 0 bridgehead atoms. The zero-order chi connectivity index (χ0) is 18.1.